The van der Waals surface area contributed by atoms with Gasteiger partial charge < -0.3 is 58.1 Å². The summed E-state index contributed by atoms with van der Waals surface area (Å²) < 4.78 is 41.5. The van der Waals surface area contributed by atoms with Crippen LogP contribution in [-0.2, 0) is 75.2 Å². The lowest BCUT2D eigenvalue weighted by Gasteiger charge is -2.28. The Hall–Kier alpha value is -7.05. The molecule has 90 heavy (non-hydrogen) atoms. The molecule has 3 aliphatic rings. The molecule has 6 rings (SSSR count). The average molecular weight is 1250 g/mol. The van der Waals surface area contributed by atoms with E-state index in [9.17, 15) is 33.6 Å². The maximum atomic E-state index is 14.7. The van der Waals surface area contributed by atoms with E-state index in [1.165, 1.54) is 0 Å². The minimum absolute atomic E-state index is 0.101. The number of benzene rings is 3. The Balaban J connectivity index is 1.23. The van der Waals surface area contributed by atoms with Crippen LogP contribution < -0.4 is 10.1 Å². The number of hydrogen-bond acceptors (Lipinski definition) is 14. The van der Waals surface area contributed by atoms with Crippen LogP contribution in [-0.4, -0.2) is 148 Å². The van der Waals surface area contributed by atoms with Crippen LogP contribution in [0.25, 0.3) is 0 Å². The SMILES string of the molecule is CC(C)(C)OC(=O)[C@@H](Cc1cccc(CNC(=O)N(CCOc2cccc(C[C@H](C(=O)OC(C)(C)C)[C@H]3CCN(C(=O)OC(C)(C)C)C3)c2)Cc2cccc(C[C@H](C(=O)OC(C)(C)C)[C@H]3CCN(C(=O)OC(C)(C)C)C3)c2)c1)[C@H]1CCN(C(=O)OC(C)(C)C)C1. The fourth-order valence-electron chi connectivity index (χ4n) is 11.6. The molecule has 3 aromatic carbocycles. The lowest BCUT2D eigenvalue weighted by molar-refractivity contribution is -0.163. The van der Waals surface area contributed by atoms with Crippen LogP contribution >= 0.6 is 0 Å². The van der Waals surface area contributed by atoms with E-state index in [1.54, 1.807) is 19.6 Å². The van der Waals surface area contributed by atoms with Gasteiger partial charge in [-0.2, -0.15) is 0 Å². The van der Waals surface area contributed by atoms with Crippen molar-refractivity contribution in [3.05, 3.63) is 101 Å². The van der Waals surface area contributed by atoms with Gasteiger partial charge >= 0.3 is 42.2 Å². The summed E-state index contributed by atoms with van der Waals surface area (Å²) in [5.41, 5.74) is 0.0162. The van der Waals surface area contributed by atoms with Crippen molar-refractivity contribution in [3.8, 4) is 5.75 Å². The minimum Gasteiger partial charge on any atom is -0.492 e. The van der Waals surface area contributed by atoms with Gasteiger partial charge in [0, 0.05) is 52.4 Å². The van der Waals surface area contributed by atoms with Crippen molar-refractivity contribution in [1.29, 1.82) is 0 Å². The van der Waals surface area contributed by atoms with Gasteiger partial charge in [0.2, 0.25) is 0 Å². The van der Waals surface area contributed by atoms with E-state index in [4.69, 9.17) is 33.2 Å². The Morgan fingerprint density at radius 3 is 1.13 bits per heavy atom. The fraction of sp³-hybridized carbons (Fsp3) is 0.648. The number of rotatable bonds is 20. The monoisotopic (exact) mass is 1250 g/mol. The molecule has 0 radical (unpaired) electrons. The zero-order valence-corrected chi connectivity index (χ0v) is 57.2. The van der Waals surface area contributed by atoms with Crippen molar-refractivity contribution in [2.75, 3.05) is 52.4 Å². The molecule has 0 unspecified atom stereocenters. The third-order valence-electron chi connectivity index (χ3n) is 15.4. The highest BCUT2D eigenvalue weighted by Gasteiger charge is 2.43. The molecule has 0 saturated carbocycles. The summed E-state index contributed by atoms with van der Waals surface area (Å²) >= 11 is 0. The number of nitrogens with one attached hydrogen (secondary N) is 1. The molecule has 5 amide bonds. The van der Waals surface area contributed by atoms with E-state index in [1.807, 2.05) is 197 Å². The molecule has 498 valence electrons. The second kappa shape index (κ2) is 29.9. The molecule has 19 heteroatoms. The zero-order chi connectivity index (χ0) is 66.7. The van der Waals surface area contributed by atoms with Gasteiger partial charge in [0.25, 0.3) is 0 Å². The highest BCUT2D eigenvalue weighted by molar-refractivity contribution is 5.77. The van der Waals surface area contributed by atoms with Crippen molar-refractivity contribution in [1.82, 2.24) is 24.9 Å². The Kier molecular flexibility index (Phi) is 23.9. The van der Waals surface area contributed by atoms with E-state index >= 15 is 0 Å². The topological polar surface area (TPSA) is 209 Å². The smallest absolute Gasteiger partial charge is 0.410 e. The molecule has 3 saturated heterocycles. The van der Waals surface area contributed by atoms with Crippen molar-refractivity contribution < 1.29 is 66.7 Å². The van der Waals surface area contributed by atoms with E-state index in [0.29, 0.717) is 83.5 Å². The maximum absolute atomic E-state index is 14.7. The van der Waals surface area contributed by atoms with Gasteiger partial charge in [0.05, 0.1) is 24.3 Å². The van der Waals surface area contributed by atoms with Gasteiger partial charge in [-0.3, -0.25) is 14.4 Å². The van der Waals surface area contributed by atoms with Gasteiger partial charge in [-0.15, -0.1) is 0 Å². The lowest BCUT2D eigenvalue weighted by Crippen LogP contribution is -2.41. The van der Waals surface area contributed by atoms with Crippen LogP contribution in [0.5, 0.6) is 5.75 Å². The molecular formula is C71H105N5O14. The highest BCUT2D eigenvalue weighted by atomic mass is 16.6. The summed E-state index contributed by atoms with van der Waals surface area (Å²) in [7, 11) is 0. The second-order valence-electron chi connectivity index (χ2n) is 30.7. The molecule has 19 nitrogen and oxygen atoms in total. The largest absolute Gasteiger partial charge is 0.492 e. The van der Waals surface area contributed by atoms with Crippen molar-refractivity contribution in [2.45, 2.75) is 210 Å². The molecule has 6 atom stereocenters. The van der Waals surface area contributed by atoms with Crippen molar-refractivity contribution >= 4 is 42.2 Å². The molecule has 0 spiro atoms. The van der Waals surface area contributed by atoms with Crippen molar-refractivity contribution in [3.63, 3.8) is 0 Å². The number of urea groups is 1. The number of hydrogen-bond donors (Lipinski definition) is 1. The van der Waals surface area contributed by atoms with Crippen LogP contribution in [0.4, 0.5) is 19.2 Å². The molecule has 0 aliphatic carbocycles. The normalized spacial score (nSPS) is 18.5. The summed E-state index contributed by atoms with van der Waals surface area (Å²) in [4.78, 5) is 103. The zero-order valence-electron chi connectivity index (χ0n) is 57.2. The number of amides is 5. The van der Waals surface area contributed by atoms with Gasteiger partial charge in [-0.25, -0.2) is 19.2 Å². The van der Waals surface area contributed by atoms with Crippen LogP contribution in [0.2, 0.25) is 0 Å². The molecule has 3 aromatic rings. The number of carbonyl (C=O) groups excluding carboxylic acids is 7. The van der Waals surface area contributed by atoms with E-state index in [0.717, 1.165) is 27.8 Å². The Bertz CT molecular complexity index is 2960. The minimum atomic E-state index is -0.741. The summed E-state index contributed by atoms with van der Waals surface area (Å²) in [6.07, 6.45) is 1.62. The molecule has 3 fully saturated rings. The maximum Gasteiger partial charge on any atom is 0.410 e. The second-order valence-corrected chi connectivity index (χ2v) is 30.7. The van der Waals surface area contributed by atoms with Crippen LogP contribution in [0.3, 0.4) is 0 Å². The van der Waals surface area contributed by atoms with Crippen LogP contribution in [0, 0.1) is 35.5 Å². The van der Waals surface area contributed by atoms with Gasteiger partial charge in [-0.1, -0.05) is 60.7 Å². The Labute approximate surface area is 535 Å². The predicted octanol–water partition coefficient (Wildman–Crippen LogP) is 12.7. The van der Waals surface area contributed by atoms with E-state index in [-0.39, 0.29) is 67.9 Å². The van der Waals surface area contributed by atoms with Crippen molar-refractivity contribution in [2.24, 2.45) is 35.5 Å². The first-order valence-electron chi connectivity index (χ1n) is 32.2. The average Bonchev–Trinajstić information content (AvgIpc) is 1.73. The molecule has 1 N–H and O–H groups in total. The molecular weight excluding hydrogens is 1150 g/mol. The van der Waals surface area contributed by atoms with Gasteiger partial charge in [0.15, 0.2) is 0 Å². The molecule has 0 bridgehead atoms. The number of esters is 3. The third-order valence-corrected chi connectivity index (χ3v) is 15.4. The number of ether oxygens (including phenoxy) is 7. The number of likely N-dealkylation sites (tertiary alicyclic amines) is 3. The predicted molar refractivity (Wildman–Crippen MR) is 344 cm³/mol. The first-order chi connectivity index (χ1) is 41.6. The van der Waals surface area contributed by atoms with Gasteiger partial charge in [0.1, 0.15) is 46.0 Å². The summed E-state index contributed by atoms with van der Waals surface area (Å²) in [6.45, 7) is 36.0. The van der Waals surface area contributed by atoms with Crippen LogP contribution in [0.1, 0.15) is 172 Å². The Morgan fingerprint density at radius 1 is 0.444 bits per heavy atom. The molecule has 0 aromatic heterocycles. The first-order valence-corrected chi connectivity index (χ1v) is 32.2. The standard InChI is InChI=1S/C71H105N5O14/c1-66(2,3)85-59(77)56(52-28-31-74(44-52)63(81)88-69(10,11)12)39-47-22-19-25-50(36-47)42-72-62(80)73(43-51-26-20-23-48(37-51)40-57(60(78)86-67(4,5)6)53-29-32-75(45-53)64(82)89-70(13,14)15)34-35-84-55-27-21-24-49(38-55)41-58(61(79)87-68(7,8)9)54-30-33-76(46-54)65(83)90-71(16,17)18/h19-27,36-38,52-54,56-58H,28-35,39-46H2,1-18H3,(H,72,80)/t52-,53-,54-,56-,57-,58-/m0/s1. The van der Waals surface area contributed by atoms with Crippen LogP contribution in [0.15, 0.2) is 72.8 Å². The number of carbonyl (C=O) groups is 7. The molecule has 3 aliphatic heterocycles. The highest BCUT2D eigenvalue weighted by Crippen LogP contribution is 2.35. The molecule has 3 heterocycles. The lowest BCUT2D eigenvalue weighted by atomic mass is 9.85. The number of nitrogens with zero attached hydrogens (tertiary/aromatic N) is 4. The first kappa shape index (κ1) is 72.0. The van der Waals surface area contributed by atoms with Gasteiger partial charge in [-0.05, 0) is 221 Å². The summed E-state index contributed by atoms with van der Waals surface area (Å²) in [6, 6.07) is 22.8. The Morgan fingerprint density at radius 2 is 0.767 bits per heavy atom. The fourth-order valence-corrected chi connectivity index (χ4v) is 11.6. The quantitative estimate of drug-likeness (QED) is 0.0824. The van der Waals surface area contributed by atoms with E-state index < -0.39 is 69.6 Å². The summed E-state index contributed by atoms with van der Waals surface area (Å²) in [5, 5.41) is 3.15. The third kappa shape index (κ3) is 24.0. The summed E-state index contributed by atoms with van der Waals surface area (Å²) in [5.74, 6) is -2.67. The van der Waals surface area contributed by atoms with E-state index in [2.05, 4.69) is 5.32 Å².